The van der Waals surface area contributed by atoms with Crippen LogP contribution >= 0.6 is 23.1 Å². The Morgan fingerprint density at radius 1 is 0.938 bits per heavy atom. The Morgan fingerprint density at radius 3 is 2.66 bits per heavy atom. The maximum Gasteiger partial charge on any atom is 0.266 e. The fourth-order valence-electron chi connectivity index (χ4n) is 5.43. The van der Waals surface area contributed by atoms with Gasteiger partial charge in [0.15, 0.2) is 6.54 Å². The molecule has 0 fully saturated rings. The van der Waals surface area contributed by atoms with Crippen molar-refractivity contribution in [3.8, 4) is 0 Å². The number of rotatable bonds is 1. The Hall–Kier alpha value is -2.83. The van der Waals surface area contributed by atoms with Crippen LogP contribution in [0.5, 0.6) is 0 Å². The molecule has 4 nitrogen and oxygen atoms in total. The number of thiazole rings is 1. The Morgan fingerprint density at radius 2 is 1.75 bits per heavy atom. The quantitative estimate of drug-likeness (QED) is 0.373. The van der Waals surface area contributed by atoms with E-state index in [-0.39, 0.29) is 11.5 Å². The average Bonchev–Trinajstić information content (AvgIpc) is 3.39. The van der Waals surface area contributed by atoms with Gasteiger partial charge in [0.1, 0.15) is 10.5 Å². The zero-order valence-corrected chi connectivity index (χ0v) is 19.1. The molecule has 6 heteroatoms. The van der Waals surface area contributed by atoms with Crippen LogP contribution in [0.25, 0.3) is 15.8 Å². The van der Waals surface area contributed by atoms with Crippen molar-refractivity contribution in [2.45, 2.75) is 37.1 Å². The van der Waals surface area contributed by atoms with Crippen molar-refractivity contribution in [2.75, 3.05) is 11.4 Å². The highest BCUT2D eigenvalue weighted by atomic mass is 32.2. The van der Waals surface area contributed by atoms with Crippen molar-refractivity contribution in [2.24, 2.45) is 0 Å². The van der Waals surface area contributed by atoms with Crippen molar-refractivity contribution in [1.82, 2.24) is 0 Å². The number of carbonyl (C=O) groups is 1. The molecule has 4 aliphatic rings. The fraction of sp³-hybridized carbons (Fsp3) is 0.231. The summed E-state index contributed by atoms with van der Waals surface area (Å²) in [5, 5.41) is 13.5. The van der Waals surface area contributed by atoms with Gasteiger partial charge in [-0.05, 0) is 43.0 Å². The zero-order valence-electron chi connectivity index (χ0n) is 17.4. The lowest BCUT2D eigenvalue weighted by atomic mass is 9.78. The van der Waals surface area contributed by atoms with Crippen LogP contribution in [0.2, 0.25) is 0 Å². The number of aromatic nitrogens is 1. The molecule has 3 aliphatic heterocycles. The van der Waals surface area contributed by atoms with Crippen LogP contribution in [-0.2, 0) is 11.3 Å². The first-order valence-electron chi connectivity index (χ1n) is 11.1. The van der Waals surface area contributed by atoms with Gasteiger partial charge in [-0.1, -0.05) is 47.4 Å². The number of ketones is 1. The number of thioether (sulfide) groups is 1. The molecule has 3 aromatic rings. The third-order valence-corrected chi connectivity index (χ3v) is 9.33. The first-order chi connectivity index (χ1) is 15.7. The van der Waals surface area contributed by atoms with E-state index in [2.05, 4.69) is 58.0 Å². The molecule has 1 aromatic heterocycles. The molecule has 2 aromatic carbocycles. The summed E-state index contributed by atoms with van der Waals surface area (Å²) in [4.78, 5) is 17.1. The molecule has 0 atom stereocenters. The van der Waals surface area contributed by atoms with Gasteiger partial charge in [0.2, 0.25) is 11.3 Å². The summed E-state index contributed by atoms with van der Waals surface area (Å²) >= 11 is 3.46. The monoisotopic (exact) mass is 457 g/mol. The fourth-order valence-corrected chi connectivity index (χ4v) is 7.96. The number of anilines is 1. The van der Waals surface area contributed by atoms with Crippen LogP contribution in [0.4, 0.5) is 5.69 Å². The topological polar surface area (TPSA) is 44.4 Å². The van der Waals surface area contributed by atoms with E-state index >= 15 is 0 Å². The van der Waals surface area contributed by atoms with Crippen molar-refractivity contribution < 1.29 is 14.5 Å². The second-order valence-electron chi connectivity index (χ2n) is 8.65. The minimum atomic E-state index is 0.0179. The molecule has 7 rings (SSSR count). The Labute approximate surface area is 194 Å². The van der Waals surface area contributed by atoms with Crippen LogP contribution in [0.15, 0.2) is 80.9 Å². The van der Waals surface area contributed by atoms with E-state index < -0.39 is 0 Å². The second-order valence-corrected chi connectivity index (χ2v) is 10.7. The standard InChI is InChI=1S/C26H20N2O2S2/c29-23-21(15-7-5-13-27-17-9-1-3-11-19(17)31-25(15)27)24(30)22(23)16-8-6-14-28-18-10-2-4-12-20(18)32-26(16)28/h1-4,9-12H,5-8,13-14H2/p+1. The highest BCUT2D eigenvalue weighted by Gasteiger charge is 2.44. The van der Waals surface area contributed by atoms with E-state index in [1.54, 1.807) is 23.1 Å². The lowest BCUT2D eigenvalue weighted by Crippen LogP contribution is -2.40. The molecule has 32 heavy (non-hydrogen) atoms. The van der Waals surface area contributed by atoms with Crippen LogP contribution in [0.3, 0.4) is 0 Å². The van der Waals surface area contributed by atoms with Gasteiger partial charge in [-0.25, -0.2) is 0 Å². The summed E-state index contributed by atoms with van der Waals surface area (Å²) in [6.07, 6.45) is 3.65. The summed E-state index contributed by atoms with van der Waals surface area (Å²) in [5.74, 6) is 0.223. The zero-order chi connectivity index (χ0) is 21.4. The van der Waals surface area contributed by atoms with Crippen LogP contribution in [0, 0.1) is 0 Å². The molecular formula is C26H21N2O2S2+. The molecule has 0 saturated carbocycles. The summed E-state index contributed by atoms with van der Waals surface area (Å²) in [7, 11) is 0. The highest BCUT2D eigenvalue weighted by Crippen LogP contribution is 2.53. The van der Waals surface area contributed by atoms with Gasteiger partial charge < -0.3 is 10.0 Å². The number of aryl methyl sites for hydroxylation is 1. The maximum atomic E-state index is 13.5. The van der Waals surface area contributed by atoms with Gasteiger partial charge in [0.05, 0.1) is 27.4 Å². The molecule has 0 radical (unpaired) electrons. The first kappa shape index (κ1) is 18.7. The number of Topliss-reactive ketones (excluding diaryl/α,β-unsaturated/α-hetero) is 1. The molecule has 0 spiro atoms. The third-order valence-electron chi connectivity index (χ3n) is 6.88. The lowest BCUT2D eigenvalue weighted by molar-refractivity contribution is -0.672. The van der Waals surface area contributed by atoms with Gasteiger partial charge in [-0.3, -0.25) is 4.79 Å². The van der Waals surface area contributed by atoms with Gasteiger partial charge in [-0.15, -0.1) is 0 Å². The van der Waals surface area contributed by atoms with E-state index in [9.17, 15) is 9.90 Å². The smallest absolute Gasteiger partial charge is 0.266 e. The first-order valence-corrected chi connectivity index (χ1v) is 12.8. The van der Waals surface area contributed by atoms with Crippen molar-refractivity contribution in [1.29, 1.82) is 0 Å². The van der Waals surface area contributed by atoms with E-state index in [4.69, 9.17) is 0 Å². The number of hydrogen-bond donors (Lipinski definition) is 1. The summed E-state index contributed by atoms with van der Waals surface area (Å²) in [6, 6.07) is 16.8. The normalized spacial score (nSPS) is 22.2. The predicted octanol–water partition coefficient (Wildman–Crippen LogP) is 5.75. The molecule has 0 bridgehead atoms. The maximum absolute atomic E-state index is 13.5. The van der Waals surface area contributed by atoms with Crippen molar-refractivity contribution in [3.05, 3.63) is 81.0 Å². The molecule has 1 N–H and O–H groups in total. The Balaban J connectivity index is 1.37. The summed E-state index contributed by atoms with van der Waals surface area (Å²) in [6.45, 7) is 1.92. The molecule has 0 amide bonds. The van der Waals surface area contributed by atoms with Gasteiger partial charge in [0.25, 0.3) is 5.01 Å². The number of nitrogens with zero attached hydrogens (tertiary/aromatic N) is 2. The predicted molar refractivity (Wildman–Crippen MR) is 129 cm³/mol. The number of allylic oxidation sites excluding steroid dienone is 4. The van der Waals surface area contributed by atoms with E-state index in [1.807, 2.05) is 0 Å². The lowest BCUT2D eigenvalue weighted by Gasteiger charge is -2.32. The molecule has 158 valence electrons. The number of aliphatic hydroxyl groups is 1. The largest absolute Gasteiger partial charge is 0.506 e. The van der Waals surface area contributed by atoms with Gasteiger partial charge in [-0.2, -0.15) is 4.57 Å². The van der Waals surface area contributed by atoms with Crippen LogP contribution in [0.1, 0.15) is 30.7 Å². The number of aliphatic hydroxyl groups excluding tert-OH is 1. The number of benzene rings is 2. The molecule has 4 heterocycles. The van der Waals surface area contributed by atoms with Crippen molar-refractivity contribution in [3.63, 3.8) is 0 Å². The third kappa shape index (κ3) is 2.45. The number of fused-ring (bicyclic) bond motifs is 6. The minimum Gasteiger partial charge on any atom is -0.506 e. The molecule has 0 saturated heterocycles. The van der Waals surface area contributed by atoms with Crippen LogP contribution < -0.4 is 9.47 Å². The molecular weight excluding hydrogens is 436 g/mol. The van der Waals surface area contributed by atoms with Gasteiger partial charge in [0, 0.05) is 23.9 Å². The number of para-hydroxylation sites is 2. The van der Waals surface area contributed by atoms with E-state index in [1.165, 1.54) is 20.8 Å². The van der Waals surface area contributed by atoms with E-state index in [0.717, 1.165) is 60.0 Å². The van der Waals surface area contributed by atoms with Crippen molar-refractivity contribution >= 4 is 50.4 Å². The Kier molecular flexibility index (Phi) is 4.00. The Bertz CT molecular complexity index is 1440. The molecule has 0 unspecified atom stereocenters. The minimum absolute atomic E-state index is 0.0179. The number of carbonyl (C=O) groups excluding carboxylic acids is 1. The summed E-state index contributed by atoms with van der Waals surface area (Å²) < 4.78 is 3.55. The van der Waals surface area contributed by atoms with Gasteiger partial charge >= 0.3 is 0 Å². The highest BCUT2D eigenvalue weighted by molar-refractivity contribution is 8.03. The average molecular weight is 458 g/mol. The molecule has 1 aliphatic carbocycles. The van der Waals surface area contributed by atoms with E-state index in [0.29, 0.717) is 11.1 Å². The second kappa shape index (κ2) is 6.83. The number of hydrogen-bond acceptors (Lipinski definition) is 5. The summed E-state index contributed by atoms with van der Waals surface area (Å²) in [5.41, 5.74) is 5.56. The SMILES string of the molecule is O=C1C(C2=C3Sc4ccccc4N3CCC2)=C(O)/C1=C1/CCC[n+]2c1sc1ccccc12. The van der Waals surface area contributed by atoms with Crippen LogP contribution in [-0.4, -0.2) is 17.4 Å².